The van der Waals surface area contributed by atoms with Crippen LogP contribution in [-0.2, 0) is 4.79 Å². The summed E-state index contributed by atoms with van der Waals surface area (Å²) in [5, 5.41) is 13.6. The Morgan fingerprint density at radius 1 is 1.29 bits per heavy atom. The summed E-state index contributed by atoms with van der Waals surface area (Å²) in [5.41, 5.74) is 2.08. The van der Waals surface area contributed by atoms with Gasteiger partial charge in [0, 0.05) is 18.7 Å². The van der Waals surface area contributed by atoms with Crippen LogP contribution in [0.15, 0.2) is 22.7 Å². The standard InChI is InChI=1S/C17H24N4O3/c1-4-6-10-18-14-9-7-8-13(16(14)23-11-5-2)15-17(19-12(3)22)24-21-20-15/h7-9,18H,4-6,10-11H2,1-3H3,(H,19,22). The molecule has 2 N–H and O–H groups in total. The molecule has 0 fully saturated rings. The fourth-order valence-electron chi connectivity index (χ4n) is 2.23. The molecular weight excluding hydrogens is 308 g/mol. The maximum absolute atomic E-state index is 11.3. The fourth-order valence-corrected chi connectivity index (χ4v) is 2.23. The number of hydrogen-bond acceptors (Lipinski definition) is 6. The lowest BCUT2D eigenvalue weighted by Gasteiger charge is -2.16. The number of hydrogen-bond donors (Lipinski definition) is 2. The number of unbranched alkanes of at least 4 members (excludes halogenated alkanes) is 1. The van der Waals surface area contributed by atoms with E-state index in [1.165, 1.54) is 6.92 Å². The van der Waals surface area contributed by atoms with Gasteiger partial charge in [-0.2, -0.15) is 0 Å². The lowest BCUT2D eigenvalue weighted by molar-refractivity contribution is -0.114. The maximum atomic E-state index is 11.3. The quantitative estimate of drug-likeness (QED) is 0.681. The summed E-state index contributed by atoms with van der Waals surface area (Å²) in [5.74, 6) is 0.662. The van der Waals surface area contributed by atoms with Crippen LogP contribution in [0.4, 0.5) is 11.6 Å². The van der Waals surface area contributed by atoms with Gasteiger partial charge in [-0.25, -0.2) is 0 Å². The van der Waals surface area contributed by atoms with Crippen LogP contribution in [-0.4, -0.2) is 29.4 Å². The summed E-state index contributed by atoms with van der Waals surface area (Å²) < 4.78 is 11.0. The van der Waals surface area contributed by atoms with Crippen LogP contribution in [0.1, 0.15) is 40.0 Å². The molecule has 1 aromatic carbocycles. The molecule has 0 aliphatic rings. The van der Waals surface area contributed by atoms with Crippen LogP contribution in [0, 0.1) is 0 Å². The Morgan fingerprint density at radius 2 is 2.12 bits per heavy atom. The molecule has 0 unspecified atom stereocenters. The van der Waals surface area contributed by atoms with Crippen molar-refractivity contribution in [2.45, 2.75) is 40.0 Å². The highest BCUT2D eigenvalue weighted by Crippen LogP contribution is 2.38. The first-order valence-corrected chi connectivity index (χ1v) is 8.27. The van der Waals surface area contributed by atoms with Gasteiger partial charge in [0.05, 0.1) is 17.9 Å². The number of nitrogens with one attached hydrogen (secondary N) is 2. The molecule has 0 saturated heterocycles. The van der Waals surface area contributed by atoms with E-state index in [9.17, 15) is 4.79 Å². The van der Waals surface area contributed by atoms with Crippen molar-refractivity contribution >= 4 is 17.5 Å². The van der Waals surface area contributed by atoms with Gasteiger partial charge in [0.25, 0.3) is 5.88 Å². The first kappa shape index (κ1) is 17.8. The number of carbonyl (C=O) groups excluding carboxylic acids is 1. The Hall–Kier alpha value is -2.57. The number of benzene rings is 1. The van der Waals surface area contributed by atoms with Gasteiger partial charge in [-0.05, 0) is 25.0 Å². The van der Waals surface area contributed by atoms with Crippen LogP contribution in [0.2, 0.25) is 0 Å². The van der Waals surface area contributed by atoms with Gasteiger partial charge >= 0.3 is 0 Å². The van der Waals surface area contributed by atoms with E-state index in [-0.39, 0.29) is 11.8 Å². The molecule has 1 heterocycles. The number of nitrogens with zero attached hydrogens (tertiary/aromatic N) is 2. The summed E-state index contributed by atoms with van der Waals surface area (Å²) >= 11 is 0. The third-order valence-electron chi connectivity index (χ3n) is 3.34. The van der Waals surface area contributed by atoms with Crippen molar-refractivity contribution in [3.63, 3.8) is 0 Å². The molecule has 0 aliphatic heterocycles. The number of para-hydroxylation sites is 1. The Bertz CT molecular complexity index is 670. The van der Waals surface area contributed by atoms with Crippen molar-refractivity contribution in [1.29, 1.82) is 0 Å². The largest absolute Gasteiger partial charge is 0.491 e. The van der Waals surface area contributed by atoms with E-state index in [1.54, 1.807) is 0 Å². The summed E-state index contributed by atoms with van der Waals surface area (Å²) in [6.07, 6.45) is 3.07. The zero-order chi connectivity index (χ0) is 17.4. The minimum absolute atomic E-state index is 0.217. The average molecular weight is 332 g/mol. The topological polar surface area (TPSA) is 89.3 Å². The lowest BCUT2D eigenvalue weighted by Crippen LogP contribution is -2.08. The second kappa shape index (κ2) is 8.90. The Morgan fingerprint density at radius 3 is 2.83 bits per heavy atom. The van der Waals surface area contributed by atoms with Gasteiger partial charge in [-0.15, -0.1) is 5.10 Å². The Labute approximate surface area is 141 Å². The highest BCUT2D eigenvalue weighted by Gasteiger charge is 2.20. The number of carbonyl (C=O) groups is 1. The summed E-state index contributed by atoms with van der Waals surface area (Å²) in [6, 6.07) is 5.76. The maximum Gasteiger partial charge on any atom is 0.260 e. The first-order chi connectivity index (χ1) is 11.7. The molecular formula is C17H24N4O3. The van der Waals surface area contributed by atoms with Crippen LogP contribution in [0.3, 0.4) is 0 Å². The second-order valence-electron chi connectivity index (χ2n) is 5.44. The average Bonchev–Trinajstić information content (AvgIpc) is 3.00. The summed E-state index contributed by atoms with van der Waals surface area (Å²) in [4.78, 5) is 11.3. The summed E-state index contributed by atoms with van der Waals surface area (Å²) in [6.45, 7) is 7.04. The fraction of sp³-hybridized carbons (Fsp3) is 0.471. The molecule has 0 bridgehead atoms. The van der Waals surface area contributed by atoms with E-state index in [0.29, 0.717) is 18.1 Å². The highest BCUT2D eigenvalue weighted by molar-refractivity contribution is 5.92. The van der Waals surface area contributed by atoms with E-state index < -0.39 is 0 Å². The van der Waals surface area contributed by atoms with Crippen LogP contribution in [0.25, 0.3) is 11.3 Å². The van der Waals surface area contributed by atoms with Crippen molar-refractivity contribution in [3.8, 4) is 17.0 Å². The van der Waals surface area contributed by atoms with Crippen molar-refractivity contribution in [2.24, 2.45) is 0 Å². The van der Waals surface area contributed by atoms with E-state index in [4.69, 9.17) is 9.26 Å². The molecule has 0 aliphatic carbocycles. The molecule has 0 saturated carbocycles. The van der Waals surface area contributed by atoms with E-state index in [2.05, 4.69) is 27.9 Å². The van der Waals surface area contributed by atoms with E-state index in [0.717, 1.165) is 37.1 Å². The SMILES string of the molecule is CCCCNc1cccc(-c2nnoc2NC(C)=O)c1OCCC. The van der Waals surface area contributed by atoms with Crippen LogP contribution in [0.5, 0.6) is 5.75 Å². The predicted octanol–water partition coefficient (Wildman–Crippen LogP) is 3.70. The second-order valence-corrected chi connectivity index (χ2v) is 5.44. The first-order valence-electron chi connectivity index (χ1n) is 8.27. The normalized spacial score (nSPS) is 10.5. The molecule has 130 valence electrons. The lowest BCUT2D eigenvalue weighted by atomic mass is 10.1. The van der Waals surface area contributed by atoms with Gasteiger partial charge in [-0.3, -0.25) is 10.1 Å². The molecule has 24 heavy (non-hydrogen) atoms. The molecule has 1 aromatic heterocycles. The molecule has 1 amide bonds. The molecule has 0 atom stereocenters. The van der Waals surface area contributed by atoms with E-state index >= 15 is 0 Å². The minimum atomic E-state index is -0.247. The van der Waals surface area contributed by atoms with Gasteiger partial charge in [-0.1, -0.05) is 26.3 Å². The molecule has 2 aromatic rings. The third kappa shape index (κ3) is 4.47. The number of ether oxygens (including phenoxy) is 1. The van der Waals surface area contributed by atoms with Gasteiger partial charge < -0.3 is 14.6 Å². The molecule has 2 rings (SSSR count). The highest BCUT2D eigenvalue weighted by atomic mass is 16.5. The number of anilines is 2. The van der Waals surface area contributed by atoms with Gasteiger partial charge in [0.2, 0.25) is 5.91 Å². The minimum Gasteiger partial charge on any atom is -0.491 e. The van der Waals surface area contributed by atoms with Gasteiger partial charge in [0.15, 0.2) is 11.4 Å². The molecule has 7 heteroatoms. The van der Waals surface area contributed by atoms with Crippen LogP contribution < -0.4 is 15.4 Å². The zero-order valence-electron chi connectivity index (χ0n) is 14.4. The van der Waals surface area contributed by atoms with Crippen molar-refractivity contribution in [3.05, 3.63) is 18.2 Å². The van der Waals surface area contributed by atoms with Gasteiger partial charge in [0.1, 0.15) is 0 Å². The predicted molar refractivity (Wildman–Crippen MR) is 93.2 cm³/mol. The number of rotatable bonds is 9. The van der Waals surface area contributed by atoms with Crippen molar-refractivity contribution in [1.82, 2.24) is 10.4 Å². The molecule has 0 spiro atoms. The number of amides is 1. The van der Waals surface area contributed by atoms with E-state index in [1.807, 2.05) is 25.1 Å². The van der Waals surface area contributed by atoms with Crippen molar-refractivity contribution in [2.75, 3.05) is 23.8 Å². The number of aromatic nitrogens is 2. The smallest absolute Gasteiger partial charge is 0.260 e. The molecule has 7 nitrogen and oxygen atoms in total. The third-order valence-corrected chi connectivity index (χ3v) is 3.34. The Kier molecular flexibility index (Phi) is 6.60. The Balaban J connectivity index is 2.39. The zero-order valence-corrected chi connectivity index (χ0v) is 14.4. The summed E-state index contributed by atoms with van der Waals surface area (Å²) in [7, 11) is 0. The monoisotopic (exact) mass is 332 g/mol. The van der Waals surface area contributed by atoms with Crippen LogP contribution >= 0.6 is 0 Å². The van der Waals surface area contributed by atoms with Crippen molar-refractivity contribution < 1.29 is 14.1 Å². The molecule has 0 radical (unpaired) electrons.